The van der Waals surface area contributed by atoms with Gasteiger partial charge in [0.25, 0.3) is 0 Å². The highest BCUT2D eigenvalue weighted by Crippen LogP contribution is 2.38. The van der Waals surface area contributed by atoms with E-state index in [1.807, 2.05) is 13.8 Å². The summed E-state index contributed by atoms with van der Waals surface area (Å²) in [5, 5.41) is 2.86. The van der Waals surface area contributed by atoms with Gasteiger partial charge in [-0.15, -0.1) is 0 Å². The number of rotatable bonds is 6. The predicted octanol–water partition coefficient (Wildman–Crippen LogP) is 3.96. The summed E-state index contributed by atoms with van der Waals surface area (Å²) in [6.45, 7) is 9.38. The van der Waals surface area contributed by atoms with Gasteiger partial charge in [-0.05, 0) is 57.4 Å². The van der Waals surface area contributed by atoms with Crippen LogP contribution < -0.4 is 10.2 Å². The minimum Gasteiger partial charge on any atom is -0.462 e. The molecule has 0 fully saturated rings. The Labute approximate surface area is 166 Å². The number of carbonyl (C=O) groups is 3. The van der Waals surface area contributed by atoms with Gasteiger partial charge in [0.05, 0.1) is 24.3 Å². The molecule has 0 saturated carbocycles. The first-order chi connectivity index (χ1) is 13.2. The first-order valence-electron chi connectivity index (χ1n) is 9.82. The van der Waals surface area contributed by atoms with Crippen LogP contribution in [0, 0.1) is 0 Å². The van der Waals surface area contributed by atoms with Crippen molar-refractivity contribution in [2.75, 3.05) is 11.5 Å². The van der Waals surface area contributed by atoms with Crippen LogP contribution in [-0.4, -0.2) is 36.7 Å². The molecule has 1 aliphatic rings. The van der Waals surface area contributed by atoms with Crippen molar-refractivity contribution in [3.63, 3.8) is 0 Å². The number of nitrogens with zero attached hydrogens (tertiary/aromatic N) is 1. The van der Waals surface area contributed by atoms with Crippen LogP contribution in [0.4, 0.5) is 10.5 Å². The molecular formula is C21H30N2O5. The molecule has 1 aliphatic heterocycles. The van der Waals surface area contributed by atoms with Crippen LogP contribution in [0.3, 0.4) is 0 Å². The molecule has 1 N–H and O–H groups in total. The molecule has 0 bridgehead atoms. The molecule has 0 aliphatic carbocycles. The van der Waals surface area contributed by atoms with Crippen molar-refractivity contribution in [1.29, 1.82) is 0 Å². The number of hydrogen-bond acceptors (Lipinski definition) is 5. The average molecular weight is 390 g/mol. The molecule has 2 amide bonds. The summed E-state index contributed by atoms with van der Waals surface area (Å²) in [5.41, 5.74) is 1.79. The number of fused-ring (bicyclic) bond motifs is 1. The summed E-state index contributed by atoms with van der Waals surface area (Å²) in [5.74, 6) is -0.497. The quantitative estimate of drug-likeness (QED) is 0.587. The molecule has 0 aromatic heterocycles. The summed E-state index contributed by atoms with van der Waals surface area (Å²) >= 11 is 0. The van der Waals surface area contributed by atoms with Crippen LogP contribution in [0.25, 0.3) is 0 Å². The number of ether oxygens (including phenoxy) is 2. The van der Waals surface area contributed by atoms with Gasteiger partial charge in [-0.2, -0.15) is 0 Å². The molecule has 0 unspecified atom stereocenters. The zero-order valence-electron chi connectivity index (χ0n) is 17.3. The van der Waals surface area contributed by atoms with Crippen molar-refractivity contribution in [1.82, 2.24) is 5.32 Å². The van der Waals surface area contributed by atoms with E-state index in [0.29, 0.717) is 29.8 Å². The van der Waals surface area contributed by atoms with Crippen LogP contribution in [0.15, 0.2) is 18.2 Å². The molecule has 154 valence electrons. The Bertz CT molecular complexity index is 732. The number of anilines is 1. The Kier molecular flexibility index (Phi) is 7.43. The van der Waals surface area contributed by atoms with Crippen molar-refractivity contribution in [3.8, 4) is 0 Å². The van der Waals surface area contributed by atoms with E-state index in [9.17, 15) is 14.4 Å². The number of carbonyl (C=O) groups excluding carboxylic acids is 3. The van der Waals surface area contributed by atoms with Crippen LogP contribution in [0.5, 0.6) is 0 Å². The van der Waals surface area contributed by atoms with Crippen molar-refractivity contribution in [2.24, 2.45) is 0 Å². The Hall–Kier alpha value is -2.57. The maximum absolute atomic E-state index is 12.3. The largest absolute Gasteiger partial charge is 0.462 e. The van der Waals surface area contributed by atoms with Gasteiger partial charge in [0, 0.05) is 18.7 Å². The van der Waals surface area contributed by atoms with E-state index >= 15 is 0 Å². The highest BCUT2D eigenvalue weighted by Gasteiger charge is 2.34. The van der Waals surface area contributed by atoms with Gasteiger partial charge in [-0.3, -0.25) is 4.79 Å². The smallest absolute Gasteiger partial charge is 0.407 e. The molecule has 0 radical (unpaired) electrons. The monoisotopic (exact) mass is 390 g/mol. The van der Waals surface area contributed by atoms with Crippen molar-refractivity contribution in [2.45, 2.75) is 72.1 Å². The zero-order valence-corrected chi connectivity index (χ0v) is 17.3. The van der Waals surface area contributed by atoms with E-state index < -0.39 is 12.1 Å². The molecule has 7 nitrogen and oxygen atoms in total. The average Bonchev–Trinajstić information content (AvgIpc) is 2.60. The van der Waals surface area contributed by atoms with Gasteiger partial charge >= 0.3 is 12.1 Å². The molecule has 2 atom stereocenters. The van der Waals surface area contributed by atoms with Gasteiger partial charge in [0.15, 0.2) is 0 Å². The standard InChI is InChI=1S/C21H30N2O5/c1-6-7-10-27-20(25)16-8-9-19-17(12-16)18(22-21(26)28-13(2)3)11-14(4)23(19)15(5)24/h8-9,12-14,18H,6-7,10-11H2,1-5H3,(H,22,26)/t14-,18+/m0/s1. The second-order valence-electron chi connectivity index (χ2n) is 7.39. The summed E-state index contributed by atoms with van der Waals surface area (Å²) < 4.78 is 10.5. The summed E-state index contributed by atoms with van der Waals surface area (Å²) in [7, 11) is 0. The third kappa shape index (κ3) is 5.24. The Morgan fingerprint density at radius 3 is 2.61 bits per heavy atom. The number of nitrogens with one attached hydrogen (secondary N) is 1. The fourth-order valence-electron chi connectivity index (χ4n) is 3.39. The fraction of sp³-hybridized carbons (Fsp3) is 0.571. The van der Waals surface area contributed by atoms with Gasteiger partial charge in [-0.25, -0.2) is 9.59 Å². The molecular weight excluding hydrogens is 360 g/mol. The first kappa shape index (κ1) is 21.7. The molecule has 1 aromatic carbocycles. The number of amides is 2. The topological polar surface area (TPSA) is 84.9 Å². The summed E-state index contributed by atoms with van der Waals surface area (Å²) in [4.78, 5) is 38.3. The first-order valence-corrected chi connectivity index (χ1v) is 9.82. The van der Waals surface area contributed by atoms with Gasteiger partial charge in [-0.1, -0.05) is 13.3 Å². The lowest BCUT2D eigenvalue weighted by Gasteiger charge is -2.39. The predicted molar refractivity (Wildman–Crippen MR) is 106 cm³/mol. The third-order valence-electron chi connectivity index (χ3n) is 4.62. The van der Waals surface area contributed by atoms with E-state index in [-0.39, 0.29) is 24.1 Å². The number of hydrogen-bond donors (Lipinski definition) is 1. The molecule has 1 aromatic rings. The van der Waals surface area contributed by atoms with E-state index in [0.717, 1.165) is 12.8 Å². The van der Waals surface area contributed by atoms with Gasteiger partial charge in [0.2, 0.25) is 5.91 Å². The summed E-state index contributed by atoms with van der Waals surface area (Å²) in [6, 6.07) is 4.63. The number of esters is 1. The minimum atomic E-state index is -0.523. The minimum absolute atomic E-state index is 0.0878. The number of alkyl carbamates (subject to hydrolysis) is 1. The van der Waals surface area contributed by atoms with E-state index in [1.165, 1.54) is 6.92 Å². The third-order valence-corrected chi connectivity index (χ3v) is 4.62. The molecule has 1 heterocycles. The Morgan fingerprint density at radius 1 is 1.29 bits per heavy atom. The molecule has 7 heteroatoms. The summed E-state index contributed by atoms with van der Waals surface area (Å²) in [6.07, 6.45) is 1.50. The molecule has 28 heavy (non-hydrogen) atoms. The van der Waals surface area contributed by atoms with Crippen LogP contribution in [-0.2, 0) is 14.3 Å². The van der Waals surface area contributed by atoms with E-state index in [2.05, 4.69) is 5.32 Å². The maximum Gasteiger partial charge on any atom is 0.407 e. The van der Waals surface area contributed by atoms with Crippen LogP contribution >= 0.6 is 0 Å². The van der Waals surface area contributed by atoms with E-state index in [1.54, 1.807) is 36.9 Å². The number of benzene rings is 1. The molecule has 0 spiro atoms. The fourth-order valence-corrected chi connectivity index (χ4v) is 3.39. The van der Waals surface area contributed by atoms with Crippen molar-refractivity contribution < 1.29 is 23.9 Å². The highest BCUT2D eigenvalue weighted by atomic mass is 16.6. The maximum atomic E-state index is 12.3. The SMILES string of the molecule is CCCCOC(=O)c1ccc2c(c1)[C@H](NC(=O)OC(C)C)C[C@H](C)N2C(C)=O. The van der Waals surface area contributed by atoms with Gasteiger partial charge in [0.1, 0.15) is 0 Å². The zero-order chi connectivity index (χ0) is 20.8. The second-order valence-corrected chi connectivity index (χ2v) is 7.39. The van der Waals surface area contributed by atoms with Crippen LogP contribution in [0.2, 0.25) is 0 Å². The van der Waals surface area contributed by atoms with Crippen molar-refractivity contribution in [3.05, 3.63) is 29.3 Å². The molecule has 0 saturated heterocycles. The van der Waals surface area contributed by atoms with E-state index in [4.69, 9.17) is 9.47 Å². The highest BCUT2D eigenvalue weighted by molar-refractivity contribution is 5.96. The Balaban J connectivity index is 2.34. The lowest BCUT2D eigenvalue weighted by atomic mass is 9.90. The molecule has 2 rings (SSSR count). The lowest BCUT2D eigenvalue weighted by Crippen LogP contribution is -2.45. The van der Waals surface area contributed by atoms with Crippen molar-refractivity contribution >= 4 is 23.7 Å². The second kappa shape index (κ2) is 9.57. The van der Waals surface area contributed by atoms with Crippen LogP contribution in [0.1, 0.15) is 75.8 Å². The Morgan fingerprint density at radius 2 is 2.00 bits per heavy atom. The lowest BCUT2D eigenvalue weighted by molar-refractivity contribution is -0.117. The van der Waals surface area contributed by atoms with Gasteiger partial charge < -0.3 is 19.7 Å². The number of unbranched alkanes of at least 4 members (excludes halogenated alkanes) is 1. The normalized spacial score (nSPS) is 18.4.